The van der Waals surface area contributed by atoms with E-state index in [1.165, 1.54) is 17.0 Å². The molecule has 5 heterocycles. The second-order valence-electron chi connectivity index (χ2n) is 8.50. The maximum atomic E-state index is 12.2. The fourth-order valence-corrected chi connectivity index (χ4v) is 5.69. The third kappa shape index (κ3) is 4.38. The van der Waals surface area contributed by atoms with Crippen LogP contribution in [0.15, 0.2) is 53.9 Å². The normalized spacial score (nSPS) is 24.8. The molecule has 0 aliphatic carbocycles. The summed E-state index contributed by atoms with van der Waals surface area (Å²) in [5.74, 6) is 1.81. The Kier molecular flexibility index (Phi) is 5.78. The highest BCUT2D eigenvalue weighted by molar-refractivity contribution is 7.13. The molecule has 4 atom stereocenters. The molecule has 3 aliphatic rings. The molecular formula is C24H28N4O2S. The molecule has 31 heavy (non-hydrogen) atoms. The number of para-hydroxylation sites is 1. The summed E-state index contributed by atoms with van der Waals surface area (Å²) in [6, 6.07) is 16.4. The van der Waals surface area contributed by atoms with Crippen LogP contribution in [-0.2, 0) is 11.8 Å². The van der Waals surface area contributed by atoms with Crippen molar-refractivity contribution in [2.24, 2.45) is 13.0 Å². The zero-order valence-corrected chi connectivity index (χ0v) is 18.6. The van der Waals surface area contributed by atoms with Gasteiger partial charge in [0.1, 0.15) is 11.4 Å². The lowest BCUT2D eigenvalue weighted by Crippen LogP contribution is -2.56. The molecule has 1 N–H and O–H groups in total. The minimum atomic E-state index is -0.0599. The molecule has 2 bridgehead atoms. The van der Waals surface area contributed by atoms with Crippen LogP contribution < -0.4 is 10.1 Å². The van der Waals surface area contributed by atoms with Gasteiger partial charge in [-0.1, -0.05) is 24.3 Å². The molecule has 1 aromatic carbocycles. The molecule has 1 unspecified atom stereocenters. The third-order valence-corrected chi connectivity index (χ3v) is 7.49. The topological polar surface area (TPSA) is 59.4 Å². The van der Waals surface area contributed by atoms with Gasteiger partial charge >= 0.3 is 0 Å². The van der Waals surface area contributed by atoms with E-state index in [0.29, 0.717) is 24.4 Å². The standard InChI is InChI=1S/C24H28N4O2S/c1-27-22(13-21(26-27)23-8-5-11-31-23)20-15-28-10-9-17(20)12-18(28)14-25-24(29)16-30-19-6-3-2-4-7-19/h2-8,11,13,17-18,20H,9-10,12,14-16H2,1H3,(H,25,29)/t17-,18+,20-/m0/s1. The first-order chi connectivity index (χ1) is 15.2. The predicted octanol–water partition coefficient (Wildman–Crippen LogP) is 3.52. The van der Waals surface area contributed by atoms with Crippen LogP contribution in [0.2, 0.25) is 0 Å². The molecule has 2 aromatic heterocycles. The smallest absolute Gasteiger partial charge is 0.257 e. The van der Waals surface area contributed by atoms with Crippen molar-refractivity contribution >= 4 is 17.2 Å². The molecule has 7 heteroatoms. The van der Waals surface area contributed by atoms with Crippen molar-refractivity contribution in [2.75, 3.05) is 26.2 Å². The van der Waals surface area contributed by atoms with E-state index in [2.05, 4.69) is 45.5 Å². The van der Waals surface area contributed by atoms with Gasteiger partial charge in [0.25, 0.3) is 5.91 Å². The Morgan fingerprint density at radius 1 is 1.26 bits per heavy atom. The molecule has 3 aliphatic heterocycles. The van der Waals surface area contributed by atoms with Crippen molar-refractivity contribution < 1.29 is 9.53 Å². The van der Waals surface area contributed by atoms with E-state index in [1.54, 1.807) is 11.3 Å². The van der Waals surface area contributed by atoms with Gasteiger partial charge in [-0.15, -0.1) is 11.3 Å². The first kappa shape index (κ1) is 20.3. The van der Waals surface area contributed by atoms with E-state index in [9.17, 15) is 4.79 Å². The van der Waals surface area contributed by atoms with Crippen molar-refractivity contribution in [2.45, 2.75) is 24.8 Å². The van der Waals surface area contributed by atoms with Gasteiger partial charge in [-0.05, 0) is 54.9 Å². The summed E-state index contributed by atoms with van der Waals surface area (Å²) in [5.41, 5.74) is 2.41. The number of aromatic nitrogens is 2. The lowest BCUT2D eigenvalue weighted by Gasteiger charge is -2.49. The van der Waals surface area contributed by atoms with Crippen molar-refractivity contribution in [3.63, 3.8) is 0 Å². The first-order valence-corrected chi connectivity index (χ1v) is 11.8. The Hall–Kier alpha value is -2.64. The van der Waals surface area contributed by atoms with Crippen LogP contribution in [0.5, 0.6) is 5.75 Å². The van der Waals surface area contributed by atoms with Crippen molar-refractivity contribution in [3.8, 4) is 16.3 Å². The molecule has 0 saturated carbocycles. The quantitative estimate of drug-likeness (QED) is 0.616. The monoisotopic (exact) mass is 436 g/mol. The number of benzene rings is 1. The van der Waals surface area contributed by atoms with Crippen LogP contribution in [0.4, 0.5) is 0 Å². The van der Waals surface area contributed by atoms with Gasteiger partial charge in [-0.25, -0.2) is 0 Å². The van der Waals surface area contributed by atoms with E-state index in [1.807, 2.05) is 30.3 Å². The van der Waals surface area contributed by atoms with Crippen molar-refractivity contribution in [1.82, 2.24) is 20.0 Å². The molecule has 0 radical (unpaired) electrons. The Morgan fingerprint density at radius 2 is 2.13 bits per heavy atom. The Bertz CT molecular complexity index is 1020. The predicted molar refractivity (Wildman–Crippen MR) is 122 cm³/mol. The number of hydrogen-bond donors (Lipinski definition) is 1. The highest BCUT2D eigenvalue weighted by atomic mass is 32.1. The maximum Gasteiger partial charge on any atom is 0.257 e. The zero-order valence-electron chi connectivity index (χ0n) is 17.7. The molecule has 6 rings (SSSR count). The molecular weight excluding hydrogens is 408 g/mol. The molecule has 3 fully saturated rings. The van der Waals surface area contributed by atoms with Crippen LogP contribution in [0, 0.1) is 5.92 Å². The number of thiophene rings is 1. The van der Waals surface area contributed by atoms with Crippen LogP contribution in [0.1, 0.15) is 24.5 Å². The number of carbonyl (C=O) groups is 1. The largest absolute Gasteiger partial charge is 0.484 e. The number of nitrogens with one attached hydrogen (secondary N) is 1. The van der Waals surface area contributed by atoms with Gasteiger partial charge in [0.15, 0.2) is 6.61 Å². The molecule has 3 aromatic rings. The first-order valence-electron chi connectivity index (χ1n) is 10.9. The number of aryl methyl sites for hydroxylation is 1. The summed E-state index contributed by atoms with van der Waals surface area (Å²) in [7, 11) is 2.06. The van der Waals surface area contributed by atoms with Gasteiger partial charge in [-0.3, -0.25) is 14.4 Å². The fraction of sp³-hybridized carbons (Fsp3) is 0.417. The summed E-state index contributed by atoms with van der Waals surface area (Å²) in [6.45, 7) is 2.89. The number of ether oxygens (including phenoxy) is 1. The summed E-state index contributed by atoms with van der Waals surface area (Å²) < 4.78 is 7.62. The second-order valence-corrected chi connectivity index (χ2v) is 9.45. The van der Waals surface area contributed by atoms with Crippen molar-refractivity contribution in [3.05, 3.63) is 59.6 Å². The third-order valence-electron chi connectivity index (χ3n) is 6.60. The SMILES string of the molecule is Cn1nc(-c2cccs2)cc1[C@H]1CN2CC[C@H]1C[C@@H]2CNC(=O)COc1ccccc1. The lowest BCUT2D eigenvalue weighted by atomic mass is 9.74. The second kappa shape index (κ2) is 8.85. The summed E-state index contributed by atoms with van der Waals surface area (Å²) in [4.78, 5) is 16.0. The van der Waals surface area contributed by atoms with Gasteiger partial charge in [-0.2, -0.15) is 5.10 Å². The van der Waals surface area contributed by atoms with E-state index in [0.717, 1.165) is 31.0 Å². The van der Waals surface area contributed by atoms with Crippen LogP contribution in [0.25, 0.3) is 10.6 Å². The van der Waals surface area contributed by atoms with E-state index in [-0.39, 0.29) is 12.5 Å². The Balaban J connectivity index is 1.16. The van der Waals surface area contributed by atoms with Crippen LogP contribution in [0.3, 0.4) is 0 Å². The number of fused-ring (bicyclic) bond motifs is 3. The highest BCUT2D eigenvalue weighted by Crippen LogP contribution is 2.42. The number of carbonyl (C=O) groups excluding carboxylic acids is 1. The zero-order chi connectivity index (χ0) is 21.2. The van der Waals surface area contributed by atoms with Gasteiger partial charge in [0.05, 0.1) is 4.88 Å². The van der Waals surface area contributed by atoms with E-state index >= 15 is 0 Å². The van der Waals surface area contributed by atoms with E-state index in [4.69, 9.17) is 9.84 Å². The number of piperidine rings is 3. The number of rotatable bonds is 7. The molecule has 6 nitrogen and oxygen atoms in total. The molecule has 162 valence electrons. The Morgan fingerprint density at radius 3 is 2.87 bits per heavy atom. The number of nitrogens with zero attached hydrogens (tertiary/aromatic N) is 3. The molecule has 0 spiro atoms. The van der Waals surface area contributed by atoms with Gasteiger partial charge in [0.2, 0.25) is 0 Å². The number of amides is 1. The maximum absolute atomic E-state index is 12.2. The Labute approximate surface area is 186 Å². The number of hydrogen-bond acceptors (Lipinski definition) is 5. The molecule has 1 amide bonds. The summed E-state index contributed by atoms with van der Waals surface area (Å²) >= 11 is 1.74. The average Bonchev–Trinajstić information content (AvgIpc) is 3.47. The average molecular weight is 437 g/mol. The van der Waals surface area contributed by atoms with Crippen molar-refractivity contribution in [1.29, 1.82) is 0 Å². The van der Waals surface area contributed by atoms with Gasteiger partial charge < -0.3 is 10.1 Å². The lowest BCUT2D eigenvalue weighted by molar-refractivity contribution is -0.123. The van der Waals surface area contributed by atoms with Crippen LogP contribution >= 0.6 is 11.3 Å². The van der Waals surface area contributed by atoms with E-state index < -0.39 is 0 Å². The van der Waals surface area contributed by atoms with Gasteiger partial charge in [0, 0.05) is 37.8 Å². The molecule has 3 saturated heterocycles. The summed E-state index contributed by atoms with van der Waals surface area (Å²) in [5, 5.41) is 9.95. The van der Waals surface area contributed by atoms with Crippen LogP contribution in [-0.4, -0.2) is 52.9 Å². The fourth-order valence-electron chi connectivity index (χ4n) is 5.01. The minimum absolute atomic E-state index is 0.0588. The minimum Gasteiger partial charge on any atom is -0.484 e. The summed E-state index contributed by atoms with van der Waals surface area (Å²) in [6.07, 6.45) is 2.33. The highest BCUT2D eigenvalue weighted by Gasteiger charge is 2.41.